The van der Waals surface area contributed by atoms with Gasteiger partial charge >= 0.3 is 11.9 Å². The monoisotopic (exact) mass is 389 g/mol. The number of nitrogen functional groups attached to an aromatic ring is 1. The van der Waals surface area contributed by atoms with Crippen LogP contribution in [0.4, 0.5) is 19.1 Å². The number of terminal acetylenes is 1. The predicted molar refractivity (Wildman–Crippen MR) is 84.5 cm³/mol. The van der Waals surface area contributed by atoms with Crippen LogP contribution in [0.2, 0.25) is 0 Å². The highest BCUT2D eigenvalue weighted by molar-refractivity contribution is 5.72. The van der Waals surface area contributed by atoms with E-state index < -0.39 is 48.4 Å². The number of alkyl halides is 3. The Morgan fingerprint density at radius 2 is 2.15 bits per heavy atom. The number of aromatic amines is 1. The molecule has 0 aliphatic carbocycles. The van der Waals surface area contributed by atoms with Crippen LogP contribution in [-0.4, -0.2) is 53.8 Å². The van der Waals surface area contributed by atoms with Gasteiger partial charge in [0.1, 0.15) is 6.10 Å². The molecule has 10 nitrogen and oxygen atoms in total. The van der Waals surface area contributed by atoms with E-state index in [-0.39, 0.29) is 23.7 Å². The maximum absolute atomic E-state index is 12.7. The maximum Gasteiger partial charge on any atom is 0.416 e. The molecule has 1 aliphatic rings. The third kappa shape index (κ3) is 3.07. The molecule has 1 aliphatic heterocycles. The molecule has 27 heavy (non-hydrogen) atoms. The van der Waals surface area contributed by atoms with Gasteiger partial charge in [-0.2, -0.15) is 18.2 Å². The number of anilines is 1. The molecule has 146 valence electrons. The molecule has 3 heterocycles. The van der Waals surface area contributed by atoms with Gasteiger partial charge < -0.3 is 20.7 Å². The number of aliphatic hydroxyl groups excluding tert-OH is 2. The molecular weight excluding hydrogens is 375 g/mol. The minimum atomic E-state index is -4.98. The number of H-pyrrole nitrogens is 1. The van der Waals surface area contributed by atoms with Crippen LogP contribution in [0.1, 0.15) is 12.6 Å². The lowest BCUT2D eigenvalue weighted by Crippen LogP contribution is -2.39. The molecule has 0 bridgehead atoms. The number of hydrogen-bond acceptors (Lipinski definition) is 7. The van der Waals surface area contributed by atoms with E-state index in [1.54, 1.807) is 0 Å². The molecule has 0 radical (unpaired) electrons. The SMILES string of the molecule is C#CCn1c(=O)n([C@@H]2O[C@H](C(O)C(F)(F)F)C[C@H]2O)c2nc(N)[nH]c(=O)c21. The van der Waals surface area contributed by atoms with Gasteiger partial charge in [0, 0.05) is 6.42 Å². The van der Waals surface area contributed by atoms with E-state index in [0.29, 0.717) is 4.57 Å². The molecule has 2 aromatic heterocycles. The maximum atomic E-state index is 12.7. The Kier molecular flexibility index (Phi) is 4.50. The Bertz CT molecular complexity index is 1030. The van der Waals surface area contributed by atoms with Crippen LogP contribution in [0.5, 0.6) is 0 Å². The minimum Gasteiger partial charge on any atom is -0.388 e. The number of halogens is 3. The highest BCUT2D eigenvalue weighted by Gasteiger charge is 2.50. The van der Waals surface area contributed by atoms with Crippen molar-refractivity contribution in [1.82, 2.24) is 19.1 Å². The second-order valence-corrected chi connectivity index (χ2v) is 5.92. The summed E-state index contributed by atoms with van der Waals surface area (Å²) in [6.07, 6.45) is -8.30. The number of rotatable bonds is 3. The zero-order valence-corrected chi connectivity index (χ0v) is 13.5. The normalized spacial score (nSPS) is 24.2. The van der Waals surface area contributed by atoms with Crippen LogP contribution < -0.4 is 17.0 Å². The van der Waals surface area contributed by atoms with E-state index in [4.69, 9.17) is 16.9 Å². The molecule has 0 spiro atoms. The summed E-state index contributed by atoms with van der Waals surface area (Å²) in [5, 5.41) is 19.5. The lowest BCUT2D eigenvalue weighted by molar-refractivity contribution is -0.237. The van der Waals surface area contributed by atoms with Gasteiger partial charge in [-0.1, -0.05) is 5.92 Å². The predicted octanol–water partition coefficient (Wildman–Crippen LogP) is -1.33. The van der Waals surface area contributed by atoms with Gasteiger partial charge in [-0.25, -0.2) is 9.36 Å². The summed E-state index contributed by atoms with van der Waals surface area (Å²) in [5.41, 5.74) is 3.14. The first-order chi connectivity index (χ1) is 12.6. The first-order valence-corrected chi connectivity index (χ1v) is 7.58. The molecule has 5 N–H and O–H groups in total. The molecule has 1 unspecified atom stereocenters. The van der Waals surface area contributed by atoms with Gasteiger partial charge in [0.2, 0.25) is 5.95 Å². The van der Waals surface area contributed by atoms with Crippen molar-refractivity contribution in [3.05, 3.63) is 20.8 Å². The number of imidazole rings is 1. The van der Waals surface area contributed by atoms with Crippen LogP contribution in [0.25, 0.3) is 11.2 Å². The third-order valence-electron chi connectivity index (χ3n) is 4.14. The standard InChI is InChI=1S/C14H14F3N5O5/c1-2-3-21-7-9(19-12(18)20-10(7)25)22(13(21)26)11-5(23)4-6(27-11)8(24)14(15,16)17/h1,5-6,8,11,23-24H,3-4H2,(H3,18,19,20,25)/t5-,6+,8?,11-/m1/s1. The Morgan fingerprint density at radius 3 is 2.74 bits per heavy atom. The molecule has 4 atom stereocenters. The number of aromatic nitrogens is 4. The average Bonchev–Trinajstić information content (AvgIpc) is 3.04. The fourth-order valence-electron chi connectivity index (χ4n) is 2.99. The largest absolute Gasteiger partial charge is 0.416 e. The van der Waals surface area contributed by atoms with Crippen LogP contribution in [0, 0.1) is 12.3 Å². The lowest BCUT2D eigenvalue weighted by Gasteiger charge is -2.21. The third-order valence-corrected chi connectivity index (χ3v) is 4.14. The summed E-state index contributed by atoms with van der Waals surface area (Å²) >= 11 is 0. The molecule has 13 heteroatoms. The highest BCUT2D eigenvalue weighted by Crippen LogP contribution is 2.36. The first kappa shape index (κ1) is 19.0. The van der Waals surface area contributed by atoms with Crippen LogP contribution >= 0.6 is 0 Å². The fourth-order valence-corrected chi connectivity index (χ4v) is 2.99. The summed E-state index contributed by atoms with van der Waals surface area (Å²) in [6.45, 7) is -0.339. The molecule has 1 fully saturated rings. The number of ether oxygens (including phenoxy) is 1. The molecular formula is C14H14F3N5O5. The van der Waals surface area contributed by atoms with Crippen molar-refractivity contribution in [1.29, 1.82) is 0 Å². The van der Waals surface area contributed by atoms with Crippen molar-refractivity contribution in [3.8, 4) is 12.3 Å². The Hall–Kier alpha value is -2.82. The van der Waals surface area contributed by atoms with Gasteiger partial charge in [-0.05, 0) is 0 Å². The molecule has 2 aromatic rings. The Morgan fingerprint density at radius 1 is 1.48 bits per heavy atom. The average molecular weight is 389 g/mol. The van der Waals surface area contributed by atoms with Crippen molar-refractivity contribution >= 4 is 17.1 Å². The first-order valence-electron chi connectivity index (χ1n) is 7.58. The molecule has 1 saturated heterocycles. The number of nitrogens with one attached hydrogen (secondary N) is 1. The van der Waals surface area contributed by atoms with E-state index in [1.807, 2.05) is 0 Å². The van der Waals surface area contributed by atoms with Crippen molar-refractivity contribution in [3.63, 3.8) is 0 Å². The van der Waals surface area contributed by atoms with Gasteiger partial charge in [0.15, 0.2) is 23.5 Å². The highest BCUT2D eigenvalue weighted by atomic mass is 19.4. The lowest BCUT2D eigenvalue weighted by atomic mass is 10.1. The zero-order chi connectivity index (χ0) is 20.1. The van der Waals surface area contributed by atoms with Gasteiger partial charge in [0.05, 0.1) is 12.6 Å². The number of nitrogens with two attached hydrogens (primary N) is 1. The van der Waals surface area contributed by atoms with Crippen molar-refractivity contribution in [2.45, 2.75) is 43.7 Å². The van der Waals surface area contributed by atoms with Crippen LogP contribution in [-0.2, 0) is 11.3 Å². The quantitative estimate of drug-likeness (QED) is 0.476. The minimum absolute atomic E-state index is 0.275. The van der Waals surface area contributed by atoms with Gasteiger partial charge in [0.25, 0.3) is 5.56 Å². The van der Waals surface area contributed by atoms with Gasteiger partial charge in [-0.15, -0.1) is 6.42 Å². The summed E-state index contributed by atoms with van der Waals surface area (Å²) < 4.78 is 44.8. The van der Waals surface area contributed by atoms with E-state index in [0.717, 1.165) is 4.57 Å². The molecule has 0 aromatic carbocycles. The van der Waals surface area contributed by atoms with Gasteiger partial charge in [-0.3, -0.25) is 14.3 Å². The Labute approximate surface area is 148 Å². The Balaban J connectivity index is 2.15. The zero-order valence-electron chi connectivity index (χ0n) is 13.5. The summed E-state index contributed by atoms with van der Waals surface area (Å²) in [6, 6.07) is 0. The van der Waals surface area contributed by atoms with Crippen LogP contribution in [0.3, 0.4) is 0 Å². The van der Waals surface area contributed by atoms with E-state index in [2.05, 4.69) is 15.9 Å². The fraction of sp³-hybridized carbons (Fsp3) is 0.500. The summed E-state index contributed by atoms with van der Waals surface area (Å²) in [7, 11) is 0. The number of hydrogen-bond donors (Lipinski definition) is 4. The summed E-state index contributed by atoms with van der Waals surface area (Å²) in [4.78, 5) is 30.8. The van der Waals surface area contributed by atoms with E-state index in [9.17, 15) is 33.0 Å². The molecule has 0 amide bonds. The van der Waals surface area contributed by atoms with Crippen molar-refractivity contribution < 1.29 is 28.1 Å². The second kappa shape index (κ2) is 6.41. The van der Waals surface area contributed by atoms with E-state index >= 15 is 0 Å². The number of nitrogens with zero attached hydrogens (tertiary/aromatic N) is 3. The summed E-state index contributed by atoms with van der Waals surface area (Å²) in [5.74, 6) is 1.80. The van der Waals surface area contributed by atoms with Crippen LogP contribution in [0.15, 0.2) is 9.59 Å². The number of fused-ring (bicyclic) bond motifs is 1. The molecule has 3 rings (SSSR count). The second-order valence-electron chi connectivity index (χ2n) is 5.92. The number of aliphatic hydroxyl groups is 2. The van der Waals surface area contributed by atoms with Crippen molar-refractivity contribution in [2.75, 3.05) is 5.73 Å². The van der Waals surface area contributed by atoms with E-state index in [1.165, 1.54) is 0 Å². The smallest absolute Gasteiger partial charge is 0.388 e. The van der Waals surface area contributed by atoms with Crippen molar-refractivity contribution in [2.24, 2.45) is 0 Å². The molecule has 0 saturated carbocycles. The topological polar surface area (TPSA) is 148 Å².